The first-order valence-corrected chi connectivity index (χ1v) is 5.76. The van der Waals surface area contributed by atoms with E-state index in [4.69, 9.17) is 5.11 Å². The molecule has 0 rings (SSSR count). The van der Waals surface area contributed by atoms with Crippen LogP contribution in [0.25, 0.3) is 0 Å². The summed E-state index contributed by atoms with van der Waals surface area (Å²) in [5, 5.41) is 8.39. The van der Waals surface area contributed by atoms with E-state index >= 15 is 0 Å². The van der Waals surface area contributed by atoms with Gasteiger partial charge in [-0.2, -0.15) is 0 Å². The second kappa shape index (κ2) is 8.66. The summed E-state index contributed by atoms with van der Waals surface area (Å²) >= 11 is 0. The van der Waals surface area contributed by atoms with Crippen LogP contribution < -0.4 is 0 Å². The van der Waals surface area contributed by atoms with Gasteiger partial charge in [-0.05, 0) is 6.42 Å². The average molecular weight is 166 g/mol. The summed E-state index contributed by atoms with van der Waals surface area (Å²) in [6, 6.07) is 0. The highest BCUT2D eigenvalue weighted by molar-refractivity contribution is 8.76. The minimum Gasteiger partial charge on any atom is -0.395 e. The Morgan fingerprint density at radius 1 is 1.22 bits per heavy atom. The largest absolute Gasteiger partial charge is 0.395 e. The van der Waals surface area contributed by atoms with E-state index in [2.05, 4.69) is 6.92 Å². The van der Waals surface area contributed by atoms with Gasteiger partial charge in [0.25, 0.3) is 0 Å². The first-order chi connectivity index (χ1) is 4.41. The molecule has 0 fully saturated rings. The van der Waals surface area contributed by atoms with Gasteiger partial charge in [0.15, 0.2) is 0 Å². The zero-order valence-corrected chi connectivity index (χ0v) is 7.43. The van der Waals surface area contributed by atoms with E-state index in [0.29, 0.717) is 6.61 Å². The van der Waals surface area contributed by atoms with Gasteiger partial charge in [0.05, 0.1) is 6.61 Å². The molecule has 0 saturated heterocycles. The molecule has 0 aromatic heterocycles. The van der Waals surface area contributed by atoms with Crippen LogP contribution in [0.1, 0.15) is 19.8 Å². The van der Waals surface area contributed by atoms with Gasteiger partial charge in [-0.15, -0.1) is 0 Å². The highest BCUT2D eigenvalue weighted by Gasteiger charge is 1.86. The first-order valence-electron chi connectivity index (χ1n) is 3.27. The van der Waals surface area contributed by atoms with Gasteiger partial charge in [-0.3, -0.25) is 0 Å². The minimum atomic E-state index is 0.309. The fourth-order valence-corrected chi connectivity index (χ4v) is 2.36. The molecule has 0 heterocycles. The topological polar surface area (TPSA) is 20.2 Å². The lowest BCUT2D eigenvalue weighted by molar-refractivity contribution is 0.323. The lowest BCUT2D eigenvalue weighted by Gasteiger charge is -1.95. The van der Waals surface area contributed by atoms with Gasteiger partial charge < -0.3 is 5.11 Å². The highest BCUT2D eigenvalue weighted by Crippen LogP contribution is 2.21. The number of rotatable bonds is 6. The van der Waals surface area contributed by atoms with E-state index in [0.717, 1.165) is 5.75 Å². The van der Waals surface area contributed by atoms with Crippen LogP contribution in [0.4, 0.5) is 0 Å². The molecule has 0 atom stereocenters. The number of hydrogen-bond donors (Lipinski definition) is 1. The van der Waals surface area contributed by atoms with Crippen LogP contribution in [0, 0.1) is 0 Å². The van der Waals surface area contributed by atoms with Gasteiger partial charge in [0.2, 0.25) is 0 Å². The van der Waals surface area contributed by atoms with Gasteiger partial charge in [-0.1, -0.05) is 34.9 Å². The average Bonchev–Trinajstić information content (AvgIpc) is 1.89. The Hall–Kier alpha value is 0.660. The molecule has 1 nitrogen and oxygen atoms in total. The molecule has 0 unspecified atom stereocenters. The minimum absolute atomic E-state index is 0.309. The van der Waals surface area contributed by atoms with Crippen LogP contribution in [-0.4, -0.2) is 23.2 Å². The summed E-state index contributed by atoms with van der Waals surface area (Å²) in [5.74, 6) is 2.09. The Bertz CT molecular complexity index is 44.3. The molecule has 56 valence electrons. The lowest BCUT2D eigenvalue weighted by atomic mass is 10.4. The lowest BCUT2D eigenvalue weighted by Crippen LogP contribution is -1.82. The zero-order chi connectivity index (χ0) is 6.95. The Morgan fingerprint density at radius 3 is 2.44 bits per heavy atom. The maximum atomic E-state index is 8.39. The number of hydrogen-bond acceptors (Lipinski definition) is 3. The summed E-state index contributed by atoms with van der Waals surface area (Å²) in [6.07, 6.45) is 2.57. The third kappa shape index (κ3) is 8.66. The zero-order valence-electron chi connectivity index (χ0n) is 5.80. The van der Waals surface area contributed by atoms with Crippen LogP contribution in [0.5, 0.6) is 0 Å². The van der Waals surface area contributed by atoms with Crippen molar-refractivity contribution in [1.29, 1.82) is 0 Å². The molecular weight excluding hydrogens is 152 g/mol. The third-order valence-electron chi connectivity index (χ3n) is 0.839. The highest BCUT2D eigenvalue weighted by atomic mass is 33.1. The first kappa shape index (κ1) is 9.66. The molecule has 0 aliphatic carbocycles. The van der Waals surface area contributed by atoms with Crippen LogP contribution in [-0.2, 0) is 0 Å². The van der Waals surface area contributed by atoms with Crippen molar-refractivity contribution >= 4 is 21.6 Å². The van der Waals surface area contributed by atoms with Gasteiger partial charge in [0.1, 0.15) is 0 Å². The van der Waals surface area contributed by atoms with Crippen LogP contribution in [0.2, 0.25) is 0 Å². The molecular formula is C6H14OS2. The molecule has 0 aromatic carbocycles. The molecule has 1 N–H and O–H groups in total. The van der Waals surface area contributed by atoms with E-state index in [1.807, 2.05) is 10.8 Å². The van der Waals surface area contributed by atoms with Crippen molar-refractivity contribution in [3.8, 4) is 0 Å². The second-order valence-corrected chi connectivity index (χ2v) is 4.42. The van der Waals surface area contributed by atoms with Crippen LogP contribution in [0.3, 0.4) is 0 Å². The normalized spacial score (nSPS) is 10.0. The summed E-state index contributed by atoms with van der Waals surface area (Å²) < 4.78 is 0. The maximum absolute atomic E-state index is 8.39. The predicted molar refractivity (Wildman–Crippen MR) is 46.9 cm³/mol. The monoisotopic (exact) mass is 166 g/mol. The van der Waals surface area contributed by atoms with E-state index in [-0.39, 0.29) is 0 Å². The standard InChI is InChI=1S/C6H14OS2/c1-2-3-5-8-9-6-4-7/h7H,2-6H2,1H3. The molecule has 3 heteroatoms. The molecule has 0 aliphatic heterocycles. The number of aliphatic hydroxyl groups excluding tert-OH is 1. The number of aliphatic hydroxyl groups is 1. The summed E-state index contributed by atoms with van der Waals surface area (Å²) in [5.41, 5.74) is 0. The summed E-state index contributed by atoms with van der Waals surface area (Å²) in [7, 11) is 3.62. The van der Waals surface area contributed by atoms with E-state index in [1.165, 1.54) is 18.6 Å². The van der Waals surface area contributed by atoms with E-state index in [9.17, 15) is 0 Å². The van der Waals surface area contributed by atoms with Crippen molar-refractivity contribution in [2.75, 3.05) is 18.1 Å². The Labute approximate surface area is 65.0 Å². The maximum Gasteiger partial charge on any atom is 0.0530 e. The molecule has 0 saturated carbocycles. The second-order valence-electron chi connectivity index (χ2n) is 1.72. The number of unbranched alkanes of at least 4 members (excludes halogenated alkanes) is 1. The van der Waals surface area contributed by atoms with E-state index in [1.54, 1.807) is 10.8 Å². The predicted octanol–water partition coefficient (Wildman–Crippen LogP) is 2.16. The fourth-order valence-electron chi connectivity index (χ4n) is 0.358. The van der Waals surface area contributed by atoms with Gasteiger partial charge in [-0.25, -0.2) is 0 Å². The molecule has 0 aliphatic rings. The smallest absolute Gasteiger partial charge is 0.0530 e. The quantitative estimate of drug-likeness (QED) is 0.482. The van der Waals surface area contributed by atoms with Crippen molar-refractivity contribution in [2.45, 2.75) is 19.8 Å². The molecule has 0 radical (unpaired) electrons. The molecule has 0 bridgehead atoms. The molecule has 0 aromatic rings. The summed E-state index contributed by atoms with van der Waals surface area (Å²) in [4.78, 5) is 0. The molecule has 0 spiro atoms. The van der Waals surface area contributed by atoms with Gasteiger partial charge >= 0.3 is 0 Å². The fraction of sp³-hybridized carbons (Fsp3) is 1.00. The van der Waals surface area contributed by atoms with Crippen molar-refractivity contribution in [3.05, 3.63) is 0 Å². The molecule has 0 amide bonds. The van der Waals surface area contributed by atoms with Crippen molar-refractivity contribution < 1.29 is 5.11 Å². The van der Waals surface area contributed by atoms with Crippen molar-refractivity contribution in [1.82, 2.24) is 0 Å². The Morgan fingerprint density at radius 2 is 1.89 bits per heavy atom. The van der Waals surface area contributed by atoms with Crippen molar-refractivity contribution in [3.63, 3.8) is 0 Å². The Kier molecular flexibility index (Phi) is 9.30. The van der Waals surface area contributed by atoms with Crippen LogP contribution in [0.15, 0.2) is 0 Å². The van der Waals surface area contributed by atoms with E-state index < -0.39 is 0 Å². The summed E-state index contributed by atoms with van der Waals surface area (Å²) in [6.45, 7) is 2.50. The van der Waals surface area contributed by atoms with Gasteiger partial charge in [0, 0.05) is 11.5 Å². The molecule has 9 heavy (non-hydrogen) atoms. The van der Waals surface area contributed by atoms with Crippen molar-refractivity contribution in [2.24, 2.45) is 0 Å². The SMILES string of the molecule is CCCCSSCCO. The van der Waals surface area contributed by atoms with Crippen LogP contribution >= 0.6 is 21.6 Å². The Balaban J connectivity index is 2.60. The third-order valence-corrected chi connectivity index (χ3v) is 3.31.